The highest BCUT2D eigenvalue weighted by Crippen LogP contribution is 2.34. The maximum absolute atomic E-state index is 12.6. The monoisotopic (exact) mass is 928 g/mol. The molecule has 66 heavy (non-hydrogen) atoms. The summed E-state index contributed by atoms with van der Waals surface area (Å²) in [7, 11) is -9.66. The summed E-state index contributed by atoms with van der Waals surface area (Å²) in [5, 5.41) is 52.0. The predicted molar refractivity (Wildman–Crippen MR) is 245 cm³/mol. The van der Waals surface area contributed by atoms with Crippen molar-refractivity contribution in [1.29, 1.82) is 0 Å². The second-order valence-corrected chi connectivity index (χ2v) is 18.2. The van der Waals surface area contributed by atoms with E-state index in [-0.39, 0.29) is 27.9 Å². The first-order valence-corrected chi connectivity index (χ1v) is 22.4. The second-order valence-electron chi connectivity index (χ2n) is 15.4. The molecule has 0 heterocycles. The van der Waals surface area contributed by atoms with Gasteiger partial charge in [-0.2, -0.15) is 57.7 Å². The topological polar surface area (TPSA) is 282 Å². The molecule has 0 spiro atoms. The standard InChI is InChI=1S/C46H40N8O10S2/c1-45(2,33-14-21-37(22-15-33)49-47-35-16-9-31(10-17-35)43(55)56)53-52-40-20-8-30(42(28-40)66(62,63)64)6-5-29-7-13-34(27-41(29)65(59,60)61)46(3,4)54-51-39-25-23-38(24-26-39)50-48-36-18-11-32(12-19-36)44(57)58/h5-28H,1-4H3,(H,55,56)(H,57,58)(H,59,60,61)(H,62,63,64). The smallest absolute Gasteiger partial charge is 0.335 e. The summed E-state index contributed by atoms with van der Waals surface area (Å²) in [6.45, 7) is 6.94. The Kier molecular flexibility index (Phi) is 14.1. The van der Waals surface area contributed by atoms with Crippen LogP contribution in [0.25, 0.3) is 12.2 Å². The SMILES string of the molecule is CC(C)(N=Nc1ccc(C=Cc2ccc(C(C)(C)N=Nc3ccc(N=Nc4ccc(C(=O)O)cc4)cc3)cc2S(=O)(=O)O)c(S(=O)(=O)O)c1)c1ccc(N=Nc2ccc(C(=O)O)cc2)cc1. The zero-order valence-corrected chi connectivity index (χ0v) is 37.1. The van der Waals surface area contributed by atoms with E-state index in [9.17, 15) is 35.5 Å². The predicted octanol–water partition coefficient (Wildman–Crippen LogP) is 12.6. The highest BCUT2D eigenvalue weighted by Gasteiger charge is 2.25. The van der Waals surface area contributed by atoms with Crippen molar-refractivity contribution in [1.82, 2.24) is 0 Å². The number of carboxylic acid groups (broad SMARTS) is 2. The molecule has 0 aliphatic heterocycles. The van der Waals surface area contributed by atoms with E-state index >= 15 is 0 Å². The summed E-state index contributed by atoms with van der Waals surface area (Å²) in [5.41, 5.74) is 1.83. The van der Waals surface area contributed by atoms with Gasteiger partial charge in [-0.25, -0.2) is 9.59 Å². The van der Waals surface area contributed by atoms with Crippen molar-refractivity contribution in [3.8, 4) is 0 Å². The van der Waals surface area contributed by atoms with Crippen LogP contribution in [0.3, 0.4) is 0 Å². The van der Waals surface area contributed by atoms with E-state index in [1.54, 1.807) is 82.3 Å². The number of carbonyl (C=O) groups is 2. The fourth-order valence-corrected chi connectivity index (χ4v) is 7.39. The lowest BCUT2D eigenvalue weighted by Gasteiger charge is -2.20. The summed E-state index contributed by atoms with van der Waals surface area (Å²) >= 11 is 0. The zero-order valence-electron chi connectivity index (χ0n) is 35.5. The Balaban J connectivity index is 1.16. The molecule has 0 saturated heterocycles. The number of carboxylic acids is 2. The Morgan fingerprint density at radius 1 is 0.424 bits per heavy atom. The first-order chi connectivity index (χ1) is 31.1. The summed E-state index contributed by atoms with van der Waals surface area (Å²) in [4.78, 5) is 21.1. The van der Waals surface area contributed by atoms with E-state index in [2.05, 4.69) is 40.9 Å². The molecule has 0 unspecified atom stereocenters. The maximum atomic E-state index is 12.6. The van der Waals surface area contributed by atoms with Gasteiger partial charge in [-0.3, -0.25) is 9.11 Å². The minimum atomic E-state index is -4.83. The van der Waals surface area contributed by atoms with Gasteiger partial charge in [0, 0.05) is 0 Å². The quantitative estimate of drug-likeness (QED) is 0.0404. The van der Waals surface area contributed by atoms with Crippen LogP contribution in [0.2, 0.25) is 0 Å². The highest BCUT2D eigenvalue weighted by atomic mass is 32.2. The number of azo groups is 4. The number of hydrogen-bond acceptors (Lipinski definition) is 14. The van der Waals surface area contributed by atoms with E-state index in [1.165, 1.54) is 84.9 Å². The van der Waals surface area contributed by atoms with Gasteiger partial charge in [-0.05, 0) is 153 Å². The lowest BCUT2D eigenvalue weighted by Crippen LogP contribution is -2.14. The molecule has 20 heteroatoms. The lowest BCUT2D eigenvalue weighted by atomic mass is 9.94. The van der Waals surface area contributed by atoms with E-state index in [0.717, 1.165) is 11.6 Å². The Morgan fingerprint density at radius 2 is 0.727 bits per heavy atom. The zero-order chi connectivity index (χ0) is 47.9. The van der Waals surface area contributed by atoms with Gasteiger partial charge in [0.25, 0.3) is 20.2 Å². The van der Waals surface area contributed by atoms with Crippen molar-refractivity contribution in [3.05, 3.63) is 167 Å². The second kappa shape index (κ2) is 19.5. The summed E-state index contributed by atoms with van der Waals surface area (Å²) in [5.74, 6) is -2.10. The third-order valence-corrected chi connectivity index (χ3v) is 11.6. The number of nitrogens with zero attached hydrogens (tertiary/aromatic N) is 8. The van der Waals surface area contributed by atoms with Gasteiger partial charge in [0.15, 0.2) is 0 Å². The Bertz CT molecular complexity index is 3170. The van der Waals surface area contributed by atoms with Crippen molar-refractivity contribution >= 4 is 78.5 Å². The molecule has 0 amide bonds. The normalized spacial score (nSPS) is 12.9. The Morgan fingerprint density at radius 3 is 1.14 bits per heavy atom. The van der Waals surface area contributed by atoms with Crippen LogP contribution in [0.1, 0.15) is 70.7 Å². The molecule has 336 valence electrons. The maximum Gasteiger partial charge on any atom is 0.335 e. The molecular weight excluding hydrogens is 889 g/mol. The van der Waals surface area contributed by atoms with Crippen LogP contribution in [0, 0.1) is 0 Å². The van der Waals surface area contributed by atoms with E-state index in [0.29, 0.717) is 34.0 Å². The van der Waals surface area contributed by atoms with Crippen LogP contribution in [-0.4, -0.2) is 48.1 Å². The molecule has 0 bridgehead atoms. The van der Waals surface area contributed by atoms with E-state index < -0.39 is 53.0 Å². The molecule has 18 nitrogen and oxygen atoms in total. The number of hydrogen-bond donors (Lipinski definition) is 4. The van der Waals surface area contributed by atoms with Gasteiger partial charge >= 0.3 is 11.9 Å². The van der Waals surface area contributed by atoms with Crippen LogP contribution in [-0.2, 0) is 31.3 Å². The molecular formula is C46H40N8O10S2. The number of benzene rings is 6. The molecule has 0 aliphatic carbocycles. The number of aromatic carboxylic acids is 2. The molecule has 0 radical (unpaired) electrons. The van der Waals surface area contributed by atoms with Crippen LogP contribution in [0.5, 0.6) is 0 Å². The third kappa shape index (κ3) is 12.5. The van der Waals surface area contributed by atoms with E-state index in [4.69, 9.17) is 10.2 Å². The Hall–Kier alpha value is -7.78. The van der Waals surface area contributed by atoms with Gasteiger partial charge in [-0.1, -0.05) is 42.5 Å². The number of rotatable bonds is 16. The lowest BCUT2D eigenvalue weighted by molar-refractivity contribution is 0.0686. The van der Waals surface area contributed by atoms with Crippen molar-refractivity contribution in [3.63, 3.8) is 0 Å². The van der Waals surface area contributed by atoms with Gasteiger partial charge < -0.3 is 10.2 Å². The highest BCUT2D eigenvalue weighted by molar-refractivity contribution is 7.86. The molecule has 6 aromatic carbocycles. The fraction of sp³-hybridized carbons (Fsp3) is 0.130. The minimum absolute atomic E-state index is 0.00487. The first kappa shape index (κ1) is 47.7. The molecule has 0 saturated carbocycles. The largest absolute Gasteiger partial charge is 0.478 e. The fourth-order valence-electron chi connectivity index (χ4n) is 5.98. The van der Waals surface area contributed by atoms with Crippen molar-refractivity contribution in [2.24, 2.45) is 40.9 Å². The molecule has 0 aromatic heterocycles. The first-order valence-electron chi connectivity index (χ1n) is 19.6. The van der Waals surface area contributed by atoms with Crippen molar-refractivity contribution in [2.75, 3.05) is 0 Å². The average Bonchev–Trinajstić information content (AvgIpc) is 3.28. The minimum Gasteiger partial charge on any atom is -0.478 e. The van der Waals surface area contributed by atoms with Crippen LogP contribution >= 0.6 is 0 Å². The third-order valence-electron chi connectivity index (χ3n) is 9.76. The molecule has 0 fully saturated rings. The molecule has 0 aliphatic rings. The van der Waals surface area contributed by atoms with Gasteiger partial charge in [0.05, 0.1) is 45.3 Å². The molecule has 6 aromatic rings. The van der Waals surface area contributed by atoms with Crippen molar-refractivity contribution < 1.29 is 45.7 Å². The average molecular weight is 929 g/mol. The summed E-state index contributed by atoms with van der Waals surface area (Å²) < 4.78 is 70.8. The molecule has 0 atom stereocenters. The summed E-state index contributed by atoms with van der Waals surface area (Å²) in [6.07, 6.45) is 2.54. The van der Waals surface area contributed by atoms with Crippen LogP contribution in [0.4, 0.5) is 34.1 Å². The van der Waals surface area contributed by atoms with Gasteiger partial charge in [0.1, 0.15) is 20.9 Å². The Labute approximate surface area is 379 Å². The van der Waals surface area contributed by atoms with Crippen LogP contribution < -0.4 is 0 Å². The van der Waals surface area contributed by atoms with Gasteiger partial charge in [0.2, 0.25) is 0 Å². The van der Waals surface area contributed by atoms with Crippen LogP contribution in [0.15, 0.2) is 184 Å². The van der Waals surface area contributed by atoms with Gasteiger partial charge in [-0.15, -0.1) is 0 Å². The molecule has 6 rings (SSSR count). The van der Waals surface area contributed by atoms with E-state index in [1.807, 2.05) is 0 Å². The molecule has 4 N–H and O–H groups in total. The van der Waals surface area contributed by atoms with Crippen molar-refractivity contribution in [2.45, 2.75) is 48.6 Å². The summed E-state index contributed by atoms with van der Waals surface area (Å²) in [6, 6.07) is 33.5.